The van der Waals surface area contributed by atoms with Crippen LogP contribution in [0.5, 0.6) is 0 Å². The predicted octanol–water partition coefficient (Wildman–Crippen LogP) is 0.410. The molecule has 0 aromatic carbocycles. The van der Waals surface area contributed by atoms with Gasteiger partial charge in [-0.3, -0.25) is 0 Å². The van der Waals surface area contributed by atoms with Gasteiger partial charge in [-0.05, 0) is 11.6 Å². The van der Waals surface area contributed by atoms with E-state index in [1.54, 1.807) is 0 Å². The van der Waals surface area contributed by atoms with Crippen molar-refractivity contribution in [3.8, 4) is 0 Å². The van der Waals surface area contributed by atoms with Gasteiger partial charge >= 0.3 is 5.97 Å². The van der Waals surface area contributed by atoms with Crippen molar-refractivity contribution >= 4 is 23.4 Å². The molecule has 0 radical (unpaired) electrons. The molecule has 0 bridgehead atoms. The number of carboxylic acid groups (broad SMARTS) is 1. The van der Waals surface area contributed by atoms with Gasteiger partial charge in [0, 0.05) is 6.20 Å². The highest BCUT2D eigenvalue weighted by atomic mass is 35.5. The van der Waals surface area contributed by atoms with Crippen molar-refractivity contribution in [2.75, 3.05) is 5.73 Å². The highest BCUT2D eigenvalue weighted by Gasteiger charge is 2.09. The van der Waals surface area contributed by atoms with Crippen molar-refractivity contribution in [2.45, 2.75) is 0 Å². The summed E-state index contributed by atoms with van der Waals surface area (Å²) in [6, 6.07) is 0. The standard InChI is InChI=1S/C5H4ClN3O2/c6-5-8-1-2(4(10)11)3(7)9-5/h1H,(H,10,11)(H2,7,8,9). The number of aromatic carboxylic acids is 1. The van der Waals surface area contributed by atoms with Crippen LogP contribution in [0.2, 0.25) is 5.28 Å². The molecule has 0 spiro atoms. The lowest BCUT2D eigenvalue weighted by molar-refractivity contribution is 0.0697. The van der Waals surface area contributed by atoms with Gasteiger partial charge in [-0.15, -0.1) is 0 Å². The van der Waals surface area contributed by atoms with E-state index >= 15 is 0 Å². The van der Waals surface area contributed by atoms with Gasteiger partial charge in [0.15, 0.2) is 0 Å². The van der Waals surface area contributed by atoms with Crippen LogP contribution in [0.1, 0.15) is 10.4 Å². The maximum Gasteiger partial charge on any atom is 0.341 e. The molecule has 0 aliphatic carbocycles. The Labute approximate surface area is 66.8 Å². The Hall–Kier alpha value is -1.36. The number of nitrogens with two attached hydrogens (primary N) is 1. The Balaban J connectivity index is 3.20. The topological polar surface area (TPSA) is 89.1 Å². The number of hydrogen-bond donors (Lipinski definition) is 2. The molecule has 1 aromatic rings. The van der Waals surface area contributed by atoms with Crippen LogP contribution in [0.4, 0.5) is 5.82 Å². The SMILES string of the molecule is Nc1nc(Cl)ncc1C(=O)O. The lowest BCUT2D eigenvalue weighted by Gasteiger charge is -1.96. The van der Waals surface area contributed by atoms with Crippen molar-refractivity contribution < 1.29 is 9.90 Å². The molecule has 5 nitrogen and oxygen atoms in total. The molecule has 0 saturated carbocycles. The Bertz CT molecular complexity index is 302. The van der Waals surface area contributed by atoms with Gasteiger partial charge in [-0.1, -0.05) is 0 Å². The van der Waals surface area contributed by atoms with Crippen LogP contribution in [0.3, 0.4) is 0 Å². The third-order valence-electron chi connectivity index (χ3n) is 1.02. The number of aromatic nitrogens is 2. The van der Waals surface area contributed by atoms with Crippen LogP contribution < -0.4 is 5.73 Å². The van der Waals surface area contributed by atoms with Crippen LogP contribution in [-0.2, 0) is 0 Å². The predicted molar refractivity (Wildman–Crippen MR) is 38.4 cm³/mol. The van der Waals surface area contributed by atoms with Crippen molar-refractivity contribution in [3.05, 3.63) is 17.0 Å². The van der Waals surface area contributed by atoms with Crippen LogP contribution in [0.25, 0.3) is 0 Å². The summed E-state index contributed by atoms with van der Waals surface area (Å²) in [7, 11) is 0. The van der Waals surface area contributed by atoms with Crippen LogP contribution in [-0.4, -0.2) is 21.0 Å². The van der Waals surface area contributed by atoms with Gasteiger partial charge in [-0.2, -0.15) is 0 Å². The molecule has 0 aliphatic rings. The molecule has 3 N–H and O–H groups in total. The van der Waals surface area contributed by atoms with Gasteiger partial charge in [0.05, 0.1) is 0 Å². The molecule has 11 heavy (non-hydrogen) atoms. The first-order valence-corrected chi connectivity index (χ1v) is 3.00. The summed E-state index contributed by atoms with van der Waals surface area (Å²) in [4.78, 5) is 17.2. The molecule has 6 heteroatoms. The van der Waals surface area contributed by atoms with E-state index in [1.807, 2.05) is 0 Å². The summed E-state index contributed by atoms with van der Waals surface area (Å²) in [6.45, 7) is 0. The van der Waals surface area contributed by atoms with E-state index in [0.717, 1.165) is 6.20 Å². The second-order valence-electron chi connectivity index (χ2n) is 1.74. The molecule has 1 rings (SSSR count). The zero-order valence-electron chi connectivity index (χ0n) is 5.28. The van der Waals surface area contributed by atoms with Crippen LogP contribution >= 0.6 is 11.6 Å². The van der Waals surface area contributed by atoms with Crippen LogP contribution in [0.15, 0.2) is 6.20 Å². The zero-order chi connectivity index (χ0) is 8.43. The van der Waals surface area contributed by atoms with Gasteiger partial charge in [0.2, 0.25) is 5.28 Å². The second-order valence-corrected chi connectivity index (χ2v) is 2.08. The Morgan fingerprint density at radius 3 is 2.82 bits per heavy atom. The molecule has 0 atom stereocenters. The lowest BCUT2D eigenvalue weighted by Crippen LogP contribution is -2.05. The number of rotatable bonds is 1. The third-order valence-corrected chi connectivity index (χ3v) is 1.20. The fraction of sp³-hybridized carbons (Fsp3) is 0. The fourth-order valence-electron chi connectivity index (χ4n) is 0.537. The Morgan fingerprint density at radius 1 is 1.73 bits per heavy atom. The summed E-state index contributed by atoms with van der Waals surface area (Å²) in [5, 5.41) is 8.39. The smallest absolute Gasteiger partial charge is 0.341 e. The molecule has 1 heterocycles. The molecular formula is C5H4ClN3O2. The number of nitrogen functional groups attached to an aromatic ring is 1. The first-order valence-electron chi connectivity index (χ1n) is 2.62. The van der Waals surface area contributed by atoms with Crippen molar-refractivity contribution in [3.63, 3.8) is 0 Å². The van der Waals surface area contributed by atoms with Gasteiger partial charge in [0.1, 0.15) is 11.4 Å². The van der Waals surface area contributed by atoms with E-state index in [2.05, 4.69) is 9.97 Å². The maximum atomic E-state index is 10.3. The van der Waals surface area contributed by atoms with E-state index in [9.17, 15) is 4.79 Å². The molecular weight excluding hydrogens is 170 g/mol. The van der Waals surface area contributed by atoms with Gasteiger partial charge in [0.25, 0.3) is 0 Å². The Morgan fingerprint density at radius 2 is 2.36 bits per heavy atom. The van der Waals surface area contributed by atoms with E-state index in [0.29, 0.717) is 0 Å². The molecule has 0 unspecified atom stereocenters. The lowest BCUT2D eigenvalue weighted by atomic mass is 10.3. The first-order chi connectivity index (χ1) is 5.11. The number of halogens is 1. The number of hydrogen-bond acceptors (Lipinski definition) is 4. The van der Waals surface area contributed by atoms with E-state index < -0.39 is 5.97 Å². The average Bonchev–Trinajstić information content (AvgIpc) is 1.85. The number of carboxylic acids is 1. The quantitative estimate of drug-likeness (QED) is 0.601. The molecule has 0 amide bonds. The Kier molecular flexibility index (Phi) is 1.91. The number of anilines is 1. The number of carbonyl (C=O) groups is 1. The molecule has 0 saturated heterocycles. The minimum Gasteiger partial charge on any atom is -0.477 e. The average molecular weight is 174 g/mol. The molecule has 0 aliphatic heterocycles. The van der Waals surface area contributed by atoms with Crippen molar-refractivity contribution in [2.24, 2.45) is 0 Å². The summed E-state index contributed by atoms with van der Waals surface area (Å²) in [6.07, 6.45) is 1.06. The minimum atomic E-state index is -1.17. The van der Waals surface area contributed by atoms with E-state index in [4.69, 9.17) is 22.4 Å². The molecule has 0 fully saturated rings. The van der Waals surface area contributed by atoms with E-state index in [1.165, 1.54) is 0 Å². The van der Waals surface area contributed by atoms with Crippen LogP contribution in [0, 0.1) is 0 Å². The zero-order valence-corrected chi connectivity index (χ0v) is 6.04. The molecule has 58 valence electrons. The summed E-state index contributed by atoms with van der Waals surface area (Å²) in [5.41, 5.74) is 5.06. The highest BCUT2D eigenvalue weighted by molar-refractivity contribution is 6.28. The summed E-state index contributed by atoms with van der Waals surface area (Å²) >= 11 is 5.33. The summed E-state index contributed by atoms with van der Waals surface area (Å²) < 4.78 is 0. The van der Waals surface area contributed by atoms with E-state index in [-0.39, 0.29) is 16.7 Å². The first kappa shape index (κ1) is 7.74. The highest BCUT2D eigenvalue weighted by Crippen LogP contribution is 2.09. The number of nitrogens with zero attached hydrogens (tertiary/aromatic N) is 2. The monoisotopic (exact) mass is 173 g/mol. The summed E-state index contributed by atoms with van der Waals surface area (Å²) in [5.74, 6) is -1.29. The van der Waals surface area contributed by atoms with Gasteiger partial charge < -0.3 is 10.8 Å². The third kappa shape index (κ3) is 1.56. The maximum absolute atomic E-state index is 10.3. The van der Waals surface area contributed by atoms with Crippen molar-refractivity contribution in [1.29, 1.82) is 0 Å². The normalized spacial score (nSPS) is 9.55. The van der Waals surface area contributed by atoms with Gasteiger partial charge in [-0.25, -0.2) is 14.8 Å². The molecule has 1 aromatic heterocycles. The largest absolute Gasteiger partial charge is 0.477 e. The minimum absolute atomic E-state index is 0.0625. The second kappa shape index (κ2) is 2.71. The fourth-order valence-corrected chi connectivity index (χ4v) is 0.677. The van der Waals surface area contributed by atoms with Crippen molar-refractivity contribution in [1.82, 2.24) is 9.97 Å².